The van der Waals surface area contributed by atoms with Gasteiger partial charge < -0.3 is 11.1 Å². The lowest BCUT2D eigenvalue weighted by molar-refractivity contribution is 0.818. The summed E-state index contributed by atoms with van der Waals surface area (Å²) < 4.78 is 0. The van der Waals surface area contributed by atoms with Gasteiger partial charge in [-0.1, -0.05) is 70.1 Å². The molecule has 0 saturated carbocycles. The Labute approximate surface area is 263 Å². The number of nitrogens with two attached hydrogens (primary N) is 1. The third-order valence-electron chi connectivity index (χ3n) is 5.06. The van der Waals surface area contributed by atoms with Crippen LogP contribution in [0.4, 0.5) is 5.82 Å². The van der Waals surface area contributed by atoms with E-state index in [1.165, 1.54) is 0 Å². The number of aromatic nitrogens is 4. The molecule has 0 amide bonds. The van der Waals surface area contributed by atoms with E-state index >= 15 is 0 Å². The van der Waals surface area contributed by atoms with E-state index < -0.39 is 0 Å². The molecule has 4 aromatic rings. The normalized spacial score (nSPS) is 11.9. The van der Waals surface area contributed by atoms with Crippen LogP contribution in [0.2, 0.25) is 35.8 Å². The highest BCUT2D eigenvalue weighted by Gasteiger charge is 2.12. The molecule has 0 aliphatic rings. The molecule has 39 heavy (non-hydrogen) atoms. The van der Waals surface area contributed by atoms with Crippen LogP contribution in [0.1, 0.15) is 48.2 Å². The predicted molar refractivity (Wildman–Crippen MR) is 166 cm³/mol. The van der Waals surface area contributed by atoms with Crippen LogP contribution < -0.4 is 11.1 Å². The van der Waals surface area contributed by atoms with Crippen molar-refractivity contribution in [2.75, 3.05) is 5.32 Å². The zero-order chi connectivity index (χ0) is 29.3. The number of hydrogen-bond acceptors (Lipinski definition) is 6. The van der Waals surface area contributed by atoms with Crippen molar-refractivity contribution in [1.29, 1.82) is 0 Å². The molecule has 0 saturated heterocycles. The Balaban J connectivity index is 0.000000226. The van der Waals surface area contributed by atoms with Gasteiger partial charge in [0.25, 0.3) is 0 Å². The number of aryl methyl sites for hydroxylation is 2. The van der Waals surface area contributed by atoms with Gasteiger partial charge >= 0.3 is 0 Å². The third-order valence-corrected chi connectivity index (χ3v) is 6.93. The third kappa shape index (κ3) is 11.1. The van der Waals surface area contributed by atoms with Crippen LogP contribution in [0.15, 0.2) is 48.8 Å². The molecule has 2 aromatic heterocycles. The summed E-state index contributed by atoms with van der Waals surface area (Å²) in [5, 5.41) is 6.57. The molecule has 208 valence electrons. The zero-order valence-electron chi connectivity index (χ0n) is 21.3. The second kappa shape index (κ2) is 16.0. The Morgan fingerprint density at radius 1 is 0.692 bits per heavy atom. The molecule has 0 fully saturated rings. The molecule has 2 heterocycles. The predicted octanol–water partition coefficient (Wildman–Crippen LogP) is 10.0. The molecular weight excluding hydrogens is 644 g/mol. The smallest absolute Gasteiger partial charge is 0.224 e. The first-order valence-corrected chi connectivity index (χ1v) is 14.0. The minimum atomic E-state index is -0.0419. The van der Waals surface area contributed by atoms with Crippen LogP contribution in [-0.4, -0.2) is 19.9 Å². The van der Waals surface area contributed by atoms with Crippen LogP contribution >= 0.6 is 81.2 Å². The van der Waals surface area contributed by atoms with Gasteiger partial charge in [0.1, 0.15) is 11.0 Å². The second-order valence-electron chi connectivity index (χ2n) is 8.27. The van der Waals surface area contributed by atoms with Crippen molar-refractivity contribution in [3.63, 3.8) is 0 Å². The average molecular weight is 670 g/mol. The molecule has 0 aliphatic heterocycles. The lowest BCUT2D eigenvalue weighted by Gasteiger charge is -2.17. The van der Waals surface area contributed by atoms with E-state index in [0.29, 0.717) is 31.1 Å². The lowest BCUT2D eigenvalue weighted by atomic mass is 10.1. The lowest BCUT2D eigenvalue weighted by Crippen LogP contribution is -2.10. The highest BCUT2D eigenvalue weighted by molar-refractivity contribution is 6.35. The summed E-state index contributed by atoms with van der Waals surface area (Å²) in [5.41, 5.74) is 9.26. The number of nitrogens with zero attached hydrogens (tertiary/aromatic N) is 4. The highest BCUT2D eigenvalue weighted by Crippen LogP contribution is 2.29. The first-order chi connectivity index (χ1) is 18.3. The van der Waals surface area contributed by atoms with Gasteiger partial charge in [-0.2, -0.15) is 0 Å². The maximum Gasteiger partial charge on any atom is 0.224 e. The van der Waals surface area contributed by atoms with Crippen molar-refractivity contribution in [3.05, 3.63) is 107 Å². The molecule has 0 unspecified atom stereocenters. The standard InChI is InChI=1S/C13H12Cl3N3.C8H9Cl2N.C5H4Cl2N2/c1-7-6-17-13(16)19-12(7)18-8(2)10-4-3-9(14)5-11(10)15;1-5(11)7-3-2-6(9)4-8(7)10;1-3-2-8-5(7)9-4(3)6/h3-6,8H,1-2H3,(H,17,18,19);2-5H,11H2,1H3;2H,1H3/t8-;5-;/m11./s1. The number of nitrogens with one attached hydrogen (secondary N) is 1. The molecule has 3 N–H and O–H groups in total. The van der Waals surface area contributed by atoms with Crippen molar-refractivity contribution < 1.29 is 0 Å². The minimum Gasteiger partial charge on any atom is -0.363 e. The van der Waals surface area contributed by atoms with Gasteiger partial charge in [0.15, 0.2) is 0 Å². The Morgan fingerprint density at radius 3 is 1.64 bits per heavy atom. The highest BCUT2D eigenvalue weighted by atomic mass is 35.5. The number of anilines is 1. The van der Waals surface area contributed by atoms with Crippen molar-refractivity contribution in [3.8, 4) is 0 Å². The fourth-order valence-corrected chi connectivity index (χ4v) is 4.57. The van der Waals surface area contributed by atoms with E-state index in [2.05, 4.69) is 25.3 Å². The molecule has 4 rings (SSSR count). The minimum absolute atomic E-state index is 0.0190. The quantitative estimate of drug-likeness (QED) is 0.166. The van der Waals surface area contributed by atoms with Crippen molar-refractivity contribution >= 4 is 87.0 Å². The van der Waals surface area contributed by atoms with Crippen molar-refractivity contribution in [2.24, 2.45) is 5.73 Å². The van der Waals surface area contributed by atoms with Gasteiger partial charge in [-0.25, -0.2) is 19.9 Å². The summed E-state index contributed by atoms with van der Waals surface area (Å²) in [5.74, 6) is 0.693. The van der Waals surface area contributed by atoms with Crippen molar-refractivity contribution in [2.45, 2.75) is 39.8 Å². The average Bonchev–Trinajstić information content (AvgIpc) is 2.84. The van der Waals surface area contributed by atoms with Gasteiger partial charge in [-0.05, 0) is 86.3 Å². The Morgan fingerprint density at radius 2 is 1.18 bits per heavy atom. The molecule has 0 bridgehead atoms. The molecular formula is C26H25Cl7N6. The molecule has 2 aromatic carbocycles. The molecule has 0 radical (unpaired) electrons. The van der Waals surface area contributed by atoms with Gasteiger partial charge in [0.05, 0.1) is 6.04 Å². The summed E-state index contributed by atoms with van der Waals surface area (Å²) in [6.45, 7) is 7.60. The van der Waals surface area contributed by atoms with Crippen LogP contribution in [0, 0.1) is 13.8 Å². The molecule has 0 aliphatic carbocycles. The number of rotatable bonds is 4. The van der Waals surface area contributed by atoms with Crippen LogP contribution in [0.5, 0.6) is 0 Å². The monoisotopic (exact) mass is 666 g/mol. The number of halogens is 7. The molecule has 2 atom stereocenters. The van der Waals surface area contributed by atoms with Crippen LogP contribution in [0.25, 0.3) is 0 Å². The van der Waals surface area contributed by atoms with Gasteiger partial charge in [0, 0.05) is 49.7 Å². The Hall–Kier alpha value is -1.61. The van der Waals surface area contributed by atoms with E-state index in [-0.39, 0.29) is 22.7 Å². The zero-order valence-corrected chi connectivity index (χ0v) is 26.6. The summed E-state index contributed by atoms with van der Waals surface area (Å²) >= 11 is 40.4. The Bertz CT molecular complexity index is 1400. The van der Waals surface area contributed by atoms with Crippen LogP contribution in [0.3, 0.4) is 0 Å². The topological polar surface area (TPSA) is 89.6 Å². The second-order valence-corrected chi connectivity index (χ2v) is 11.0. The SMILES string of the molecule is C[C@@H](N)c1ccc(Cl)cc1Cl.Cc1cnc(Cl)nc1Cl.Cc1cnc(Cl)nc1N[C@H](C)c1ccc(Cl)cc1Cl. The number of benzene rings is 2. The first-order valence-electron chi connectivity index (χ1n) is 11.3. The van der Waals surface area contributed by atoms with E-state index in [4.69, 9.17) is 86.9 Å². The Kier molecular flexibility index (Phi) is 13.8. The fourth-order valence-electron chi connectivity index (χ4n) is 2.97. The van der Waals surface area contributed by atoms with Gasteiger partial charge in [0.2, 0.25) is 10.6 Å². The first kappa shape index (κ1) is 33.6. The van der Waals surface area contributed by atoms with E-state index in [1.807, 2.05) is 39.8 Å². The molecule has 13 heteroatoms. The van der Waals surface area contributed by atoms with E-state index in [0.717, 1.165) is 22.3 Å². The number of hydrogen-bond donors (Lipinski definition) is 2. The van der Waals surface area contributed by atoms with Crippen molar-refractivity contribution in [1.82, 2.24) is 19.9 Å². The largest absolute Gasteiger partial charge is 0.363 e. The maximum atomic E-state index is 6.18. The summed E-state index contributed by atoms with van der Waals surface area (Å²) in [6, 6.07) is 10.7. The molecule has 6 nitrogen and oxygen atoms in total. The summed E-state index contributed by atoms with van der Waals surface area (Å²) in [4.78, 5) is 15.5. The maximum absolute atomic E-state index is 6.18. The molecule has 0 spiro atoms. The van der Waals surface area contributed by atoms with Crippen LogP contribution in [-0.2, 0) is 0 Å². The van der Waals surface area contributed by atoms with Gasteiger partial charge in [-0.3, -0.25) is 0 Å². The summed E-state index contributed by atoms with van der Waals surface area (Å²) in [7, 11) is 0. The summed E-state index contributed by atoms with van der Waals surface area (Å²) in [6.07, 6.45) is 3.26. The van der Waals surface area contributed by atoms with E-state index in [1.54, 1.807) is 36.7 Å². The fraction of sp³-hybridized carbons (Fsp3) is 0.231. The van der Waals surface area contributed by atoms with E-state index in [9.17, 15) is 0 Å². The van der Waals surface area contributed by atoms with Gasteiger partial charge in [-0.15, -0.1) is 0 Å².